The van der Waals surface area contributed by atoms with E-state index >= 15 is 0 Å². The molecule has 2 unspecified atom stereocenters. The molecule has 0 fully saturated rings. The molecule has 7 heteroatoms. The molecule has 0 aliphatic rings. The summed E-state index contributed by atoms with van der Waals surface area (Å²) in [5.74, 6) is -1.28. The fourth-order valence-corrected chi connectivity index (χ4v) is 1.89. The minimum atomic E-state index is -4.40. The summed E-state index contributed by atoms with van der Waals surface area (Å²) in [5.41, 5.74) is 4.92. The number of primary amides is 1. The Morgan fingerprint density at radius 1 is 1.26 bits per heavy atom. The Kier molecular flexibility index (Phi) is 6.36. The van der Waals surface area contributed by atoms with Gasteiger partial charge in [-0.3, -0.25) is 9.59 Å². The van der Waals surface area contributed by atoms with E-state index in [9.17, 15) is 22.8 Å². The molecule has 0 saturated heterocycles. The van der Waals surface area contributed by atoms with Crippen LogP contribution in [0.3, 0.4) is 0 Å². The van der Waals surface area contributed by atoms with E-state index in [4.69, 9.17) is 5.73 Å². The van der Waals surface area contributed by atoms with Crippen LogP contribution in [0, 0.1) is 5.92 Å². The van der Waals surface area contributed by atoms with Crippen molar-refractivity contribution in [2.75, 3.05) is 0 Å². The number of nitrogens with two attached hydrogens (primary N) is 1. The van der Waals surface area contributed by atoms with Crippen molar-refractivity contribution in [3.63, 3.8) is 0 Å². The SMILES string of the molecule is CCC(C)C(NC(=O)C=Cc1ccc(C(F)(F)F)cc1)C(N)=O. The van der Waals surface area contributed by atoms with Crippen LogP contribution in [0.25, 0.3) is 6.08 Å². The van der Waals surface area contributed by atoms with E-state index in [0.29, 0.717) is 12.0 Å². The number of amides is 2. The zero-order valence-corrected chi connectivity index (χ0v) is 12.9. The fraction of sp³-hybridized carbons (Fsp3) is 0.375. The van der Waals surface area contributed by atoms with Gasteiger partial charge in [0.1, 0.15) is 6.04 Å². The molecule has 0 aliphatic heterocycles. The number of hydrogen-bond acceptors (Lipinski definition) is 2. The summed E-state index contributed by atoms with van der Waals surface area (Å²) >= 11 is 0. The molecule has 2 amide bonds. The first-order valence-electron chi connectivity index (χ1n) is 7.10. The van der Waals surface area contributed by atoms with Gasteiger partial charge in [-0.1, -0.05) is 32.4 Å². The fourth-order valence-electron chi connectivity index (χ4n) is 1.89. The summed E-state index contributed by atoms with van der Waals surface area (Å²) < 4.78 is 37.3. The molecular formula is C16H19F3N2O2. The number of rotatable bonds is 6. The number of carbonyl (C=O) groups is 2. The van der Waals surface area contributed by atoms with Crippen LogP contribution in [0.2, 0.25) is 0 Å². The molecule has 0 bridgehead atoms. The van der Waals surface area contributed by atoms with Gasteiger partial charge in [0.2, 0.25) is 11.8 Å². The van der Waals surface area contributed by atoms with Crippen molar-refractivity contribution >= 4 is 17.9 Å². The van der Waals surface area contributed by atoms with Crippen LogP contribution in [0.5, 0.6) is 0 Å². The van der Waals surface area contributed by atoms with Crippen LogP contribution in [0.15, 0.2) is 30.3 Å². The highest BCUT2D eigenvalue weighted by atomic mass is 19.4. The highest BCUT2D eigenvalue weighted by molar-refractivity contribution is 5.95. The molecule has 0 aliphatic carbocycles. The van der Waals surface area contributed by atoms with E-state index in [1.165, 1.54) is 18.2 Å². The minimum Gasteiger partial charge on any atom is -0.368 e. The standard InChI is InChI=1S/C16H19F3N2O2/c1-3-10(2)14(15(20)23)21-13(22)9-6-11-4-7-12(8-5-11)16(17,18)19/h4-10,14H,3H2,1-2H3,(H2,20,23)(H,21,22). The van der Waals surface area contributed by atoms with Crippen molar-refractivity contribution in [3.8, 4) is 0 Å². The molecule has 0 radical (unpaired) electrons. The summed E-state index contributed by atoms with van der Waals surface area (Å²) in [6.45, 7) is 3.65. The average molecular weight is 328 g/mol. The minimum absolute atomic E-state index is 0.115. The van der Waals surface area contributed by atoms with E-state index in [0.717, 1.165) is 18.2 Å². The number of halogens is 3. The van der Waals surface area contributed by atoms with E-state index in [1.807, 2.05) is 6.92 Å². The number of benzene rings is 1. The second kappa shape index (κ2) is 7.80. The lowest BCUT2D eigenvalue weighted by molar-refractivity contribution is -0.137. The summed E-state index contributed by atoms with van der Waals surface area (Å²) in [6.07, 6.45) is -1.22. The van der Waals surface area contributed by atoms with Crippen molar-refractivity contribution in [2.45, 2.75) is 32.5 Å². The Bertz CT molecular complexity index is 580. The molecule has 1 rings (SSSR count). The first kappa shape index (κ1) is 18.7. The molecule has 0 aromatic heterocycles. The normalized spacial score (nSPS) is 14.5. The molecule has 126 valence electrons. The maximum Gasteiger partial charge on any atom is 0.416 e. The molecule has 2 atom stereocenters. The lowest BCUT2D eigenvalue weighted by atomic mass is 9.98. The second-order valence-corrected chi connectivity index (χ2v) is 5.23. The molecule has 0 spiro atoms. The Hall–Kier alpha value is -2.31. The molecule has 23 heavy (non-hydrogen) atoms. The van der Waals surface area contributed by atoms with Crippen LogP contribution in [-0.2, 0) is 15.8 Å². The van der Waals surface area contributed by atoms with Gasteiger partial charge < -0.3 is 11.1 Å². The van der Waals surface area contributed by atoms with E-state index in [1.54, 1.807) is 6.92 Å². The molecule has 4 nitrogen and oxygen atoms in total. The highest BCUT2D eigenvalue weighted by Crippen LogP contribution is 2.29. The Balaban J connectivity index is 2.73. The summed E-state index contributed by atoms with van der Waals surface area (Å²) in [4.78, 5) is 23.1. The second-order valence-electron chi connectivity index (χ2n) is 5.23. The number of nitrogens with one attached hydrogen (secondary N) is 1. The molecule has 1 aromatic carbocycles. The topological polar surface area (TPSA) is 72.2 Å². The maximum absolute atomic E-state index is 12.4. The number of alkyl halides is 3. The largest absolute Gasteiger partial charge is 0.416 e. The third kappa shape index (κ3) is 5.77. The van der Waals surface area contributed by atoms with Gasteiger partial charge in [0.25, 0.3) is 0 Å². The Morgan fingerprint density at radius 3 is 2.26 bits per heavy atom. The lowest BCUT2D eigenvalue weighted by Crippen LogP contribution is -2.47. The van der Waals surface area contributed by atoms with Gasteiger partial charge in [-0.15, -0.1) is 0 Å². The zero-order chi connectivity index (χ0) is 17.6. The van der Waals surface area contributed by atoms with Crippen LogP contribution in [0.1, 0.15) is 31.4 Å². The van der Waals surface area contributed by atoms with Crippen molar-refractivity contribution in [2.24, 2.45) is 11.7 Å². The van der Waals surface area contributed by atoms with Gasteiger partial charge in [0.15, 0.2) is 0 Å². The Morgan fingerprint density at radius 2 is 1.83 bits per heavy atom. The molecule has 3 N–H and O–H groups in total. The van der Waals surface area contributed by atoms with Crippen LogP contribution in [0.4, 0.5) is 13.2 Å². The number of hydrogen-bond donors (Lipinski definition) is 2. The summed E-state index contributed by atoms with van der Waals surface area (Å²) in [5, 5.41) is 2.49. The van der Waals surface area contributed by atoms with Crippen LogP contribution >= 0.6 is 0 Å². The average Bonchev–Trinajstić information content (AvgIpc) is 2.49. The van der Waals surface area contributed by atoms with E-state index in [-0.39, 0.29) is 5.92 Å². The predicted octanol–water partition coefficient (Wildman–Crippen LogP) is 2.73. The third-order valence-electron chi connectivity index (χ3n) is 3.48. The molecular weight excluding hydrogens is 309 g/mol. The first-order chi connectivity index (χ1) is 10.6. The zero-order valence-electron chi connectivity index (χ0n) is 12.9. The van der Waals surface area contributed by atoms with Crippen LogP contribution in [-0.4, -0.2) is 17.9 Å². The van der Waals surface area contributed by atoms with Gasteiger partial charge >= 0.3 is 6.18 Å². The van der Waals surface area contributed by atoms with Crippen molar-refractivity contribution < 1.29 is 22.8 Å². The highest BCUT2D eigenvalue weighted by Gasteiger charge is 2.29. The number of carbonyl (C=O) groups excluding carboxylic acids is 2. The van der Waals surface area contributed by atoms with Crippen molar-refractivity contribution in [1.29, 1.82) is 0 Å². The van der Waals surface area contributed by atoms with Gasteiger partial charge in [-0.25, -0.2) is 0 Å². The molecule has 1 aromatic rings. The van der Waals surface area contributed by atoms with E-state index in [2.05, 4.69) is 5.32 Å². The Labute approximate surface area is 132 Å². The quantitative estimate of drug-likeness (QED) is 0.788. The van der Waals surface area contributed by atoms with Gasteiger partial charge in [-0.05, 0) is 29.7 Å². The van der Waals surface area contributed by atoms with Gasteiger partial charge in [-0.2, -0.15) is 13.2 Å². The molecule has 0 saturated carbocycles. The maximum atomic E-state index is 12.4. The third-order valence-corrected chi connectivity index (χ3v) is 3.48. The van der Waals surface area contributed by atoms with Gasteiger partial charge in [0.05, 0.1) is 5.56 Å². The smallest absolute Gasteiger partial charge is 0.368 e. The lowest BCUT2D eigenvalue weighted by Gasteiger charge is -2.20. The van der Waals surface area contributed by atoms with Crippen LogP contribution < -0.4 is 11.1 Å². The van der Waals surface area contributed by atoms with E-state index < -0.39 is 29.6 Å². The monoisotopic (exact) mass is 328 g/mol. The van der Waals surface area contributed by atoms with Crippen molar-refractivity contribution in [3.05, 3.63) is 41.5 Å². The van der Waals surface area contributed by atoms with Crippen molar-refractivity contribution in [1.82, 2.24) is 5.32 Å². The molecule has 0 heterocycles. The first-order valence-corrected chi connectivity index (χ1v) is 7.10. The summed E-state index contributed by atoms with van der Waals surface area (Å²) in [7, 11) is 0. The summed E-state index contributed by atoms with van der Waals surface area (Å²) in [6, 6.07) is 3.59. The van der Waals surface area contributed by atoms with Gasteiger partial charge in [0, 0.05) is 6.08 Å². The predicted molar refractivity (Wildman–Crippen MR) is 81.1 cm³/mol.